The van der Waals surface area contributed by atoms with E-state index in [0.717, 1.165) is 18.9 Å². The second-order valence-electron chi connectivity index (χ2n) is 4.38. The maximum atomic E-state index is 12.3. The number of Topliss-reactive ketones (excluding diaryl/α,β-unsaturated/α-hetero) is 2. The minimum absolute atomic E-state index is 0.0809. The van der Waals surface area contributed by atoms with Gasteiger partial charge in [-0.15, -0.1) is 0 Å². The van der Waals surface area contributed by atoms with Crippen LogP contribution in [0.4, 0.5) is 0 Å². The van der Waals surface area contributed by atoms with Crippen LogP contribution in [0, 0.1) is 0 Å². The topological polar surface area (TPSA) is 64.3 Å². The molecule has 0 atom stereocenters. The van der Waals surface area contributed by atoms with Gasteiger partial charge in [-0.2, -0.15) is 0 Å². The van der Waals surface area contributed by atoms with Crippen LogP contribution in [0.15, 0.2) is 40.6 Å². The smallest absolute Gasteiger partial charge is 0.237 e. The Morgan fingerprint density at radius 1 is 1.11 bits per heavy atom. The highest BCUT2D eigenvalue weighted by atomic mass is 16.3. The Bertz CT molecular complexity index is 683. The maximum absolute atomic E-state index is 12.3. The van der Waals surface area contributed by atoms with E-state index in [9.17, 15) is 14.4 Å². The van der Waals surface area contributed by atoms with Gasteiger partial charge in [0.1, 0.15) is 12.0 Å². The van der Waals surface area contributed by atoms with Gasteiger partial charge in [0, 0.05) is 5.57 Å². The van der Waals surface area contributed by atoms with Crippen molar-refractivity contribution in [2.75, 3.05) is 0 Å². The Morgan fingerprint density at radius 2 is 1.95 bits per heavy atom. The highest BCUT2D eigenvalue weighted by Crippen LogP contribution is 2.26. The largest absolute Gasteiger partial charge is 0.463 e. The molecule has 4 heteroatoms. The number of hydrogen-bond donors (Lipinski definition) is 0. The summed E-state index contributed by atoms with van der Waals surface area (Å²) in [5.74, 6) is -1.32. The number of carbonyl (C=O) groups excluding carboxylic acids is 3. The van der Waals surface area contributed by atoms with E-state index in [2.05, 4.69) is 0 Å². The molecule has 2 aliphatic rings. The Hall–Kier alpha value is -2.49. The van der Waals surface area contributed by atoms with Gasteiger partial charge in [0.25, 0.3) is 0 Å². The standard InChI is InChI=1S/C15H10O4/c16-11-6-7-12-13(15(11)18)10(8-19-12)14(17)9-4-2-1-3-5-9/h2,4-8H,1,3H2. The molecule has 0 fully saturated rings. The number of hydrogen-bond acceptors (Lipinski definition) is 4. The third-order valence-corrected chi connectivity index (χ3v) is 3.16. The normalized spacial score (nSPS) is 17.4. The van der Waals surface area contributed by atoms with Crippen LogP contribution in [0.25, 0.3) is 6.08 Å². The van der Waals surface area contributed by atoms with Gasteiger partial charge >= 0.3 is 0 Å². The molecule has 1 aromatic heterocycles. The van der Waals surface area contributed by atoms with E-state index in [-0.39, 0.29) is 22.7 Å². The molecule has 0 saturated heterocycles. The average molecular weight is 254 g/mol. The first kappa shape index (κ1) is 11.6. The van der Waals surface area contributed by atoms with E-state index in [1.54, 1.807) is 6.08 Å². The Kier molecular flexibility index (Phi) is 2.63. The van der Waals surface area contributed by atoms with Crippen molar-refractivity contribution in [1.29, 1.82) is 0 Å². The predicted octanol–water partition coefficient (Wildman–Crippen LogP) is 2.52. The molecule has 0 aromatic carbocycles. The zero-order valence-corrected chi connectivity index (χ0v) is 10.0. The van der Waals surface area contributed by atoms with Gasteiger partial charge in [-0.25, -0.2) is 0 Å². The highest BCUT2D eigenvalue weighted by molar-refractivity contribution is 6.51. The molecule has 0 N–H and O–H groups in total. The summed E-state index contributed by atoms with van der Waals surface area (Å²) in [7, 11) is 0. The molecular weight excluding hydrogens is 244 g/mol. The SMILES string of the molecule is O=C1C=Cc2occ(C(=O)C3=CCCC=C3)c2C1=O. The Morgan fingerprint density at radius 3 is 2.68 bits per heavy atom. The summed E-state index contributed by atoms with van der Waals surface area (Å²) in [5.41, 5.74) is 0.775. The van der Waals surface area contributed by atoms with Crippen LogP contribution in [0.1, 0.15) is 39.3 Å². The van der Waals surface area contributed by atoms with Crippen molar-refractivity contribution in [2.24, 2.45) is 0 Å². The zero-order valence-electron chi connectivity index (χ0n) is 10.0. The van der Waals surface area contributed by atoms with E-state index in [4.69, 9.17) is 4.42 Å². The molecule has 0 unspecified atom stereocenters. The molecule has 0 spiro atoms. The van der Waals surface area contributed by atoms with Crippen LogP contribution in [-0.4, -0.2) is 17.3 Å². The maximum Gasteiger partial charge on any atom is 0.237 e. The second kappa shape index (κ2) is 4.31. The number of allylic oxidation sites excluding steroid dienone is 5. The summed E-state index contributed by atoms with van der Waals surface area (Å²) in [6.07, 6.45) is 11.0. The van der Waals surface area contributed by atoms with Crippen molar-refractivity contribution in [2.45, 2.75) is 12.8 Å². The van der Waals surface area contributed by atoms with Crippen molar-refractivity contribution in [3.63, 3.8) is 0 Å². The lowest BCUT2D eigenvalue weighted by Crippen LogP contribution is -2.18. The molecule has 94 valence electrons. The third kappa shape index (κ3) is 1.81. The van der Waals surface area contributed by atoms with Gasteiger partial charge in [0.05, 0.1) is 11.1 Å². The minimum atomic E-state index is -0.685. The van der Waals surface area contributed by atoms with Gasteiger partial charge < -0.3 is 4.42 Å². The fraction of sp³-hybridized carbons (Fsp3) is 0.133. The molecule has 2 aliphatic carbocycles. The third-order valence-electron chi connectivity index (χ3n) is 3.16. The van der Waals surface area contributed by atoms with Crippen LogP contribution in [-0.2, 0) is 4.79 Å². The van der Waals surface area contributed by atoms with E-state index in [1.165, 1.54) is 12.3 Å². The van der Waals surface area contributed by atoms with Crippen molar-refractivity contribution in [3.8, 4) is 0 Å². The van der Waals surface area contributed by atoms with E-state index >= 15 is 0 Å². The van der Waals surface area contributed by atoms with Crippen molar-refractivity contribution in [3.05, 3.63) is 53.0 Å². The van der Waals surface area contributed by atoms with Crippen molar-refractivity contribution in [1.82, 2.24) is 0 Å². The Balaban J connectivity index is 2.06. The number of fused-ring (bicyclic) bond motifs is 1. The average Bonchev–Trinajstić information content (AvgIpc) is 2.88. The van der Waals surface area contributed by atoms with Gasteiger partial charge in [0.2, 0.25) is 11.6 Å². The van der Waals surface area contributed by atoms with Gasteiger partial charge in [0.15, 0.2) is 5.78 Å². The molecule has 1 heterocycles. The summed E-state index contributed by atoms with van der Waals surface area (Å²) in [5, 5.41) is 0. The van der Waals surface area contributed by atoms with Crippen LogP contribution >= 0.6 is 0 Å². The van der Waals surface area contributed by atoms with E-state index in [1.807, 2.05) is 12.2 Å². The van der Waals surface area contributed by atoms with E-state index < -0.39 is 11.6 Å². The molecule has 0 bridgehead atoms. The second-order valence-corrected chi connectivity index (χ2v) is 4.38. The van der Waals surface area contributed by atoms with Gasteiger partial charge in [-0.3, -0.25) is 14.4 Å². The molecule has 0 amide bonds. The lowest BCUT2D eigenvalue weighted by Gasteiger charge is -2.07. The minimum Gasteiger partial charge on any atom is -0.463 e. The number of carbonyl (C=O) groups is 3. The number of furan rings is 1. The number of rotatable bonds is 2. The zero-order chi connectivity index (χ0) is 13.4. The quantitative estimate of drug-likeness (QED) is 0.601. The Labute approximate surface area is 109 Å². The molecule has 0 aliphatic heterocycles. The van der Waals surface area contributed by atoms with Gasteiger partial charge in [-0.05, 0) is 25.0 Å². The van der Waals surface area contributed by atoms with Crippen LogP contribution in [0.3, 0.4) is 0 Å². The summed E-state index contributed by atoms with van der Waals surface area (Å²) in [6, 6.07) is 0. The first-order valence-electron chi connectivity index (χ1n) is 5.98. The first-order valence-corrected chi connectivity index (χ1v) is 5.98. The highest BCUT2D eigenvalue weighted by Gasteiger charge is 2.30. The van der Waals surface area contributed by atoms with Crippen LogP contribution < -0.4 is 0 Å². The fourth-order valence-corrected chi connectivity index (χ4v) is 2.18. The molecule has 3 rings (SSSR count). The molecule has 19 heavy (non-hydrogen) atoms. The molecule has 4 nitrogen and oxygen atoms in total. The van der Waals surface area contributed by atoms with Crippen LogP contribution in [0.5, 0.6) is 0 Å². The lowest BCUT2D eigenvalue weighted by molar-refractivity contribution is -0.110. The lowest BCUT2D eigenvalue weighted by atomic mass is 9.92. The summed E-state index contributed by atoms with van der Waals surface area (Å²) in [4.78, 5) is 35.5. The summed E-state index contributed by atoms with van der Waals surface area (Å²) in [6.45, 7) is 0. The first-order chi connectivity index (χ1) is 9.18. The molecule has 0 saturated carbocycles. The van der Waals surface area contributed by atoms with E-state index in [0.29, 0.717) is 5.57 Å². The summed E-state index contributed by atoms with van der Waals surface area (Å²) >= 11 is 0. The monoisotopic (exact) mass is 254 g/mol. The van der Waals surface area contributed by atoms with Crippen molar-refractivity contribution >= 4 is 23.4 Å². The fourth-order valence-electron chi connectivity index (χ4n) is 2.18. The van der Waals surface area contributed by atoms with Crippen molar-refractivity contribution < 1.29 is 18.8 Å². The predicted molar refractivity (Wildman–Crippen MR) is 67.9 cm³/mol. The molecular formula is C15H10O4. The molecule has 1 aromatic rings. The number of ketones is 3. The van der Waals surface area contributed by atoms with Gasteiger partial charge in [-0.1, -0.05) is 18.2 Å². The summed E-state index contributed by atoms with van der Waals surface area (Å²) < 4.78 is 5.19. The molecule has 0 radical (unpaired) electrons. The van der Waals surface area contributed by atoms with Crippen LogP contribution in [0.2, 0.25) is 0 Å².